The summed E-state index contributed by atoms with van der Waals surface area (Å²) in [6.07, 6.45) is 12.6. The lowest BCUT2D eigenvalue weighted by Crippen LogP contribution is -1.87. The first-order valence-corrected chi connectivity index (χ1v) is 9.63. The van der Waals surface area contributed by atoms with Gasteiger partial charge in [0.1, 0.15) is 0 Å². The second-order valence-corrected chi connectivity index (χ2v) is 7.20. The summed E-state index contributed by atoms with van der Waals surface area (Å²) >= 11 is 1.78. The Labute approximate surface area is 148 Å². The Bertz CT molecular complexity index is 707. The molecular formula is C21H24N2S. The monoisotopic (exact) mass is 336 g/mol. The number of aryl methyl sites for hydroxylation is 2. The quantitative estimate of drug-likeness (QED) is 0.452. The number of benzene rings is 1. The fourth-order valence-electron chi connectivity index (χ4n) is 2.83. The van der Waals surface area contributed by atoms with E-state index in [-0.39, 0.29) is 0 Å². The van der Waals surface area contributed by atoms with Gasteiger partial charge in [0.2, 0.25) is 0 Å². The van der Waals surface area contributed by atoms with Crippen molar-refractivity contribution in [3.05, 3.63) is 71.5 Å². The Hall–Kier alpha value is -2.00. The van der Waals surface area contributed by atoms with E-state index in [0.29, 0.717) is 0 Å². The topological polar surface area (TPSA) is 25.8 Å². The van der Waals surface area contributed by atoms with Gasteiger partial charge in [0.25, 0.3) is 0 Å². The van der Waals surface area contributed by atoms with Crippen LogP contribution >= 0.6 is 11.3 Å². The van der Waals surface area contributed by atoms with Gasteiger partial charge < -0.3 is 0 Å². The number of unbranched alkanes of at least 4 members (excludes halogenated alkanes) is 4. The SMILES string of the molecule is c1ccc(CCCCCCCc2ncc(-c3ccccn3)s2)cc1. The van der Waals surface area contributed by atoms with E-state index in [2.05, 4.69) is 40.3 Å². The lowest BCUT2D eigenvalue weighted by Gasteiger charge is -2.02. The van der Waals surface area contributed by atoms with Crippen molar-refractivity contribution < 1.29 is 0 Å². The summed E-state index contributed by atoms with van der Waals surface area (Å²) in [7, 11) is 0. The first kappa shape index (κ1) is 16.8. The summed E-state index contributed by atoms with van der Waals surface area (Å²) in [5.41, 5.74) is 2.49. The van der Waals surface area contributed by atoms with Crippen molar-refractivity contribution in [3.63, 3.8) is 0 Å². The molecule has 0 fully saturated rings. The molecule has 2 aromatic heterocycles. The molecular weight excluding hydrogens is 312 g/mol. The summed E-state index contributed by atoms with van der Waals surface area (Å²) in [6.45, 7) is 0. The summed E-state index contributed by atoms with van der Waals surface area (Å²) in [5.74, 6) is 0. The van der Waals surface area contributed by atoms with Crippen LogP contribution in [0.3, 0.4) is 0 Å². The van der Waals surface area contributed by atoms with Gasteiger partial charge in [0.15, 0.2) is 0 Å². The van der Waals surface area contributed by atoms with Crippen molar-refractivity contribution in [2.24, 2.45) is 0 Å². The van der Waals surface area contributed by atoms with E-state index < -0.39 is 0 Å². The van der Waals surface area contributed by atoms with E-state index in [9.17, 15) is 0 Å². The van der Waals surface area contributed by atoms with Gasteiger partial charge in [-0.05, 0) is 43.4 Å². The third-order valence-corrected chi connectivity index (χ3v) is 5.25. The van der Waals surface area contributed by atoms with E-state index in [1.807, 2.05) is 30.6 Å². The molecule has 0 radical (unpaired) electrons. The highest BCUT2D eigenvalue weighted by molar-refractivity contribution is 7.15. The maximum atomic E-state index is 4.54. The maximum Gasteiger partial charge on any atom is 0.0931 e. The molecule has 0 aliphatic rings. The molecule has 0 saturated heterocycles. The van der Waals surface area contributed by atoms with Crippen LogP contribution in [0.4, 0.5) is 0 Å². The lowest BCUT2D eigenvalue weighted by atomic mass is 10.1. The van der Waals surface area contributed by atoms with Crippen LogP contribution in [-0.2, 0) is 12.8 Å². The third kappa shape index (κ3) is 5.27. The molecule has 0 spiro atoms. The molecule has 0 amide bonds. The third-order valence-electron chi connectivity index (χ3n) is 4.17. The van der Waals surface area contributed by atoms with E-state index in [4.69, 9.17) is 0 Å². The van der Waals surface area contributed by atoms with Crippen LogP contribution < -0.4 is 0 Å². The zero-order valence-electron chi connectivity index (χ0n) is 14.0. The minimum atomic E-state index is 1.03. The van der Waals surface area contributed by atoms with Gasteiger partial charge in [-0.3, -0.25) is 4.98 Å². The number of thiazole rings is 1. The van der Waals surface area contributed by atoms with Gasteiger partial charge >= 0.3 is 0 Å². The van der Waals surface area contributed by atoms with Crippen LogP contribution in [0, 0.1) is 0 Å². The minimum absolute atomic E-state index is 1.03. The predicted octanol–water partition coefficient (Wildman–Crippen LogP) is 5.94. The summed E-state index contributed by atoms with van der Waals surface area (Å²) in [5, 5.41) is 1.24. The highest BCUT2D eigenvalue weighted by Gasteiger charge is 2.05. The van der Waals surface area contributed by atoms with Gasteiger partial charge in [-0.25, -0.2) is 4.98 Å². The van der Waals surface area contributed by atoms with E-state index in [1.54, 1.807) is 11.3 Å². The zero-order chi connectivity index (χ0) is 16.5. The minimum Gasteiger partial charge on any atom is -0.255 e. The first-order chi connectivity index (χ1) is 11.9. The molecule has 24 heavy (non-hydrogen) atoms. The van der Waals surface area contributed by atoms with Gasteiger partial charge in [0.05, 0.1) is 15.6 Å². The molecule has 3 heteroatoms. The molecule has 3 rings (SSSR count). The molecule has 2 nitrogen and oxygen atoms in total. The summed E-state index contributed by atoms with van der Waals surface area (Å²) < 4.78 is 0. The van der Waals surface area contributed by atoms with Crippen LogP contribution in [0.25, 0.3) is 10.6 Å². The molecule has 3 aromatic rings. The second-order valence-electron chi connectivity index (χ2n) is 6.09. The molecule has 2 heterocycles. The number of pyridine rings is 1. The molecule has 0 aliphatic heterocycles. The summed E-state index contributed by atoms with van der Waals surface area (Å²) in [4.78, 5) is 10.1. The number of aromatic nitrogens is 2. The average Bonchev–Trinajstić information content (AvgIpc) is 3.11. The molecule has 0 unspecified atom stereocenters. The normalized spacial score (nSPS) is 10.8. The molecule has 0 N–H and O–H groups in total. The molecule has 0 aliphatic carbocycles. The van der Waals surface area contributed by atoms with Crippen molar-refractivity contribution in [2.45, 2.75) is 44.9 Å². The Morgan fingerprint density at radius 1 is 0.708 bits per heavy atom. The average molecular weight is 337 g/mol. The highest BCUT2D eigenvalue weighted by Crippen LogP contribution is 2.25. The van der Waals surface area contributed by atoms with Gasteiger partial charge in [-0.15, -0.1) is 11.3 Å². The van der Waals surface area contributed by atoms with Crippen molar-refractivity contribution in [2.75, 3.05) is 0 Å². The first-order valence-electron chi connectivity index (χ1n) is 8.82. The Morgan fingerprint density at radius 3 is 2.25 bits per heavy atom. The molecule has 0 atom stereocenters. The number of hydrogen-bond donors (Lipinski definition) is 0. The highest BCUT2D eigenvalue weighted by atomic mass is 32.1. The number of hydrogen-bond acceptors (Lipinski definition) is 3. The largest absolute Gasteiger partial charge is 0.255 e. The zero-order valence-corrected chi connectivity index (χ0v) is 14.8. The van der Waals surface area contributed by atoms with Gasteiger partial charge in [-0.1, -0.05) is 55.7 Å². The van der Waals surface area contributed by atoms with E-state index in [0.717, 1.165) is 12.1 Å². The van der Waals surface area contributed by atoms with Crippen molar-refractivity contribution in [3.8, 4) is 10.6 Å². The smallest absolute Gasteiger partial charge is 0.0931 e. The van der Waals surface area contributed by atoms with E-state index >= 15 is 0 Å². The Morgan fingerprint density at radius 2 is 1.46 bits per heavy atom. The Kier molecular flexibility index (Phi) is 6.55. The van der Waals surface area contributed by atoms with Crippen molar-refractivity contribution >= 4 is 11.3 Å². The van der Waals surface area contributed by atoms with Crippen LogP contribution in [0.1, 0.15) is 42.7 Å². The van der Waals surface area contributed by atoms with Crippen LogP contribution in [0.15, 0.2) is 60.9 Å². The van der Waals surface area contributed by atoms with Crippen LogP contribution in [-0.4, -0.2) is 9.97 Å². The summed E-state index contributed by atoms with van der Waals surface area (Å²) in [6, 6.07) is 16.8. The maximum absolute atomic E-state index is 4.54. The molecule has 124 valence electrons. The molecule has 0 saturated carbocycles. The fourth-order valence-corrected chi connectivity index (χ4v) is 3.77. The predicted molar refractivity (Wildman–Crippen MR) is 102 cm³/mol. The Balaban J connectivity index is 1.30. The standard InChI is InChI=1S/C21H24N2S/c1(2-5-11-18-12-6-4-7-13-18)3-8-15-21-23-17-20(24-21)19-14-9-10-16-22-19/h4,6-7,9-10,12-14,16-17H,1-3,5,8,11,15H2. The van der Waals surface area contributed by atoms with E-state index in [1.165, 1.54) is 54.0 Å². The second kappa shape index (κ2) is 9.33. The van der Waals surface area contributed by atoms with Gasteiger partial charge in [0, 0.05) is 12.4 Å². The lowest BCUT2D eigenvalue weighted by molar-refractivity contribution is 0.613. The number of nitrogens with zero attached hydrogens (tertiary/aromatic N) is 2. The van der Waals surface area contributed by atoms with Crippen LogP contribution in [0.2, 0.25) is 0 Å². The molecule has 0 bridgehead atoms. The van der Waals surface area contributed by atoms with Crippen molar-refractivity contribution in [1.82, 2.24) is 9.97 Å². The van der Waals surface area contributed by atoms with Gasteiger partial charge in [-0.2, -0.15) is 0 Å². The van der Waals surface area contributed by atoms with Crippen molar-refractivity contribution in [1.29, 1.82) is 0 Å². The fraction of sp³-hybridized carbons (Fsp3) is 0.333. The molecule has 1 aromatic carbocycles. The number of rotatable bonds is 9. The van der Waals surface area contributed by atoms with Crippen LogP contribution in [0.5, 0.6) is 0 Å².